The number of rotatable bonds is 7. The first-order valence-corrected chi connectivity index (χ1v) is 7.56. The standard InChI is InChI=1S/C17H21N3O2/c1-12(17-15-4-2-3-5-16(15)19-20-17)18-9-14(10-21)8-13-6-7-22-11-13/h2-7,11-12,14,18,21H,8-10H2,1H3,(H,19,20). The minimum atomic E-state index is 0.144. The van der Waals surface area contributed by atoms with Crippen LogP contribution in [0.5, 0.6) is 0 Å². The van der Waals surface area contributed by atoms with Gasteiger partial charge < -0.3 is 14.8 Å². The van der Waals surface area contributed by atoms with Crippen molar-refractivity contribution in [3.63, 3.8) is 0 Å². The number of hydrogen-bond donors (Lipinski definition) is 3. The van der Waals surface area contributed by atoms with E-state index in [1.165, 1.54) is 0 Å². The van der Waals surface area contributed by atoms with E-state index in [1.54, 1.807) is 12.5 Å². The number of aromatic nitrogens is 2. The van der Waals surface area contributed by atoms with Crippen molar-refractivity contribution in [3.05, 3.63) is 54.1 Å². The van der Waals surface area contributed by atoms with Crippen LogP contribution in [0.1, 0.15) is 24.2 Å². The first-order valence-electron chi connectivity index (χ1n) is 7.56. The summed E-state index contributed by atoms with van der Waals surface area (Å²) in [5.41, 5.74) is 3.17. The molecule has 2 unspecified atom stereocenters. The first-order chi connectivity index (χ1) is 10.8. The summed E-state index contributed by atoms with van der Waals surface area (Å²) in [5, 5.41) is 21.6. The molecule has 0 aliphatic heterocycles. The lowest BCUT2D eigenvalue weighted by atomic mass is 10.0. The highest BCUT2D eigenvalue weighted by molar-refractivity contribution is 5.81. The minimum absolute atomic E-state index is 0.144. The lowest BCUT2D eigenvalue weighted by molar-refractivity contribution is 0.218. The van der Waals surface area contributed by atoms with Crippen molar-refractivity contribution in [3.8, 4) is 0 Å². The van der Waals surface area contributed by atoms with Gasteiger partial charge in [0.15, 0.2) is 0 Å². The van der Waals surface area contributed by atoms with Gasteiger partial charge in [0.2, 0.25) is 0 Å². The number of H-pyrrole nitrogens is 1. The van der Waals surface area contributed by atoms with Gasteiger partial charge in [-0.05, 0) is 37.0 Å². The fourth-order valence-electron chi connectivity index (χ4n) is 2.70. The maximum atomic E-state index is 9.55. The Morgan fingerprint density at radius 2 is 2.18 bits per heavy atom. The van der Waals surface area contributed by atoms with Crippen LogP contribution in [0.2, 0.25) is 0 Å². The van der Waals surface area contributed by atoms with Crippen molar-refractivity contribution in [2.24, 2.45) is 5.92 Å². The Labute approximate surface area is 129 Å². The molecule has 5 heteroatoms. The molecule has 116 valence electrons. The van der Waals surface area contributed by atoms with Gasteiger partial charge in [-0.25, -0.2) is 0 Å². The van der Waals surface area contributed by atoms with Crippen LogP contribution in [-0.2, 0) is 6.42 Å². The van der Waals surface area contributed by atoms with Gasteiger partial charge >= 0.3 is 0 Å². The van der Waals surface area contributed by atoms with Crippen LogP contribution >= 0.6 is 0 Å². The molecule has 0 bridgehead atoms. The Balaban J connectivity index is 1.62. The molecule has 0 fully saturated rings. The molecule has 0 radical (unpaired) electrons. The molecule has 0 amide bonds. The summed E-state index contributed by atoms with van der Waals surface area (Å²) in [6.07, 6.45) is 4.20. The predicted octanol–water partition coefficient (Wildman–Crippen LogP) is 2.66. The Hall–Kier alpha value is -2.11. The topological polar surface area (TPSA) is 74.1 Å². The van der Waals surface area contributed by atoms with Gasteiger partial charge in [-0.3, -0.25) is 5.10 Å². The van der Waals surface area contributed by atoms with Crippen LogP contribution in [0.3, 0.4) is 0 Å². The molecule has 3 rings (SSSR count). The summed E-state index contributed by atoms with van der Waals surface area (Å²) < 4.78 is 5.08. The second kappa shape index (κ2) is 6.77. The van der Waals surface area contributed by atoms with Crippen molar-refractivity contribution < 1.29 is 9.52 Å². The molecule has 0 saturated heterocycles. The van der Waals surface area contributed by atoms with Gasteiger partial charge in [0.25, 0.3) is 0 Å². The highest BCUT2D eigenvalue weighted by Gasteiger charge is 2.15. The number of hydrogen-bond acceptors (Lipinski definition) is 4. The molecule has 0 spiro atoms. The second-order valence-corrected chi connectivity index (χ2v) is 5.67. The maximum Gasteiger partial charge on any atom is 0.0934 e. The van der Waals surface area contributed by atoms with Crippen LogP contribution in [0.15, 0.2) is 47.3 Å². The molecule has 3 N–H and O–H groups in total. The van der Waals surface area contributed by atoms with E-state index in [-0.39, 0.29) is 18.6 Å². The average molecular weight is 299 g/mol. The van der Waals surface area contributed by atoms with E-state index in [0.29, 0.717) is 0 Å². The third-order valence-electron chi connectivity index (χ3n) is 4.00. The quantitative estimate of drug-likeness (QED) is 0.627. The zero-order chi connectivity index (χ0) is 15.4. The molecule has 1 aromatic carbocycles. The second-order valence-electron chi connectivity index (χ2n) is 5.67. The van der Waals surface area contributed by atoms with Crippen LogP contribution in [0, 0.1) is 5.92 Å². The highest BCUT2D eigenvalue weighted by Crippen LogP contribution is 2.21. The van der Waals surface area contributed by atoms with Crippen molar-refractivity contribution in [1.82, 2.24) is 15.5 Å². The fourth-order valence-corrected chi connectivity index (χ4v) is 2.70. The summed E-state index contributed by atoms with van der Waals surface area (Å²) in [6, 6.07) is 10.2. The molecule has 2 aromatic heterocycles. The molecule has 5 nitrogen and oxygen atoms in total. The largest absolute Gasteiger partial charge is 0.472 e. The van der Waals surface area contributed by atoms with E-state index in [4.69, 9.17) is 4.42 Å². The zero-order valence-corrected chi connectivity index (χ0v) is 12.6. The SMILES string of the molecule is CC(NCC(CO)Cc1ccoc1)c1[nH]nc2ccccc12. The van der Waals surface area contributed by atoms with Crippen molar-refractivity contribution in [2.75, 3.05) is 13.2 Å². The smallest absolute Gasteiger partial charge is 0.0934 e. The Bertz CT molecular complexity index is 706. The third-order valence-corrected chi connectivity index (χ3v) is 4.00. The summed E-state index contributed by atoms with van der Waals surface area (Å²) in [4.78, 5) is 0. The number of fused-ring (bicyclic) bond motifs is 1. The lowest BCUT2D eigenvalue weighted by Crippen LogP contribution is -2.29. The van der Waals surface area contributed by atoms with Gasteiger partial charge in [0.1, 0.15) is 0 Å². The first kappa shape index (κ1) is 14.8. The Morgan fingerprint density at radius 3 is 2.95 bits per heavy atom. The summed E-state index contributed by atoms with van der Waals surface area (Å²) >= 11 is 0. The average Bonchev–Trinajstić information content (AvgIpc) is 3.20. The van der Waals surface area contributed by atoms with Gasteiger partial charge in [0.05, 0.1) is 23.7 Å². The molecular weight excluding hydrogens is 278 g/mol. The lowest BCUT2D eigenvalue weighted by Gasteiger charge is -2.18. The van der Waals surface area contributed by atoms with Gasteiger partial charge in [-0.1, -0.05) is 18.2 Å². The van der Waals surface area contributed by atoms with E-state index in [9.17, 15) is 5.11 Å². The molecule has 2 atom stereocenters. The number of benzene rings is 1. The fraction of sp³-hybridized carbons (Fsp3) is 0.353. The molecule has 2 heterocycles. The van der Waals surface area contributed by atoms with E-state index < -0.39 is 0 Å². The molecule has 3 aromatic rings. The van der Waals surface area contributed by atoms with E-state index in [2.05, 4.69) is 28.5 Å². The Morgan fingerprint density at radius 1 is 1.32 bits per heavy atom. The minimum Gasteiger partial charge on any atom is -0.472 e. The molecule has 0 aliphatic carbocycles. The van der Waals surface area contributed by atoms with Crippen LogP contribution < -0.4 is 5.32 Å². The molecular formula is C17H21N3O2. The molecule has 0 aliphatic rings. The van der Waals surface area contributed by atoms with Crippen LogP contribution in [-0.4, -0.2) is 28.5 Å². The van der Waals surface area contributed by atoms with Gasteiger partial charge in [-0.2, -0.15) is 5.10 Å². The van der Waals surface area contributed by atoms with Crippen LogP contribution in [0.25, 0.3) is 10.9 Å². The van der Waals surface area contributed by atoms with Gasteiger partial charge in [-0.15, -0.1) is 0 Å². The number of aliphatic hydroxyl groups is 1. The van der Waals surface area contributed by atoms with Crippen LogP contribution in [0.4, 0.5) is 0 Å². The molecule has 22 heavy (non-hydrogen) atoms. The highest BCUT2D eigenvalue weighted by atomic mass is 16.3. The predicted molar refractivity (Wildman–Crippen MR) is 85.5 cm³/mol. The zero-order valence-electron chi connectivity index (χ0n) is 12.6. The van der Waals surface area contributed by atoms with Crippen molar-refractivity contribution in [1.29, 1.82) is 0 Å². The monoisotopic (exact) mass is 299 g/mol. The number of aliphatic hydroxyl groups excluding tert-OH is 1. The molecule has 0 saturated carbocycles. The summed E-state index contributed by atoms with van der Waals surface area (Å²) in [7, 11) is 0. The van der Waals surface area contributed by atoms with E-state index >= 15 is 0 Å². The van der Waals surface area contributed by atoms with Crippen molar-refractivity contribution in [2.45, 2.75) is 19.4 Å². The summed E-state index contributed by atoms with van der Waals surface area (Å²) in [6.45, 7) is 2.98. The van der Waals surface area contributed by atoms with Gasteiger partial charge in [0, 0.05) is 24.6 Å². The number of nitrogens with one attached hydrogen (secondary N) is 2. The Kier molecular flexibility index (Phi) is 4.56. The third kappa shape index (κ3) is 3.21. The normalized spacial score (nSPS) is 14.3. The number of aromatic amines is 1. The van der Waals surface area contributed by atoms with Crippen molar-refractivity contribution >= 4 is 10.9 Å². The number of nitrogens with zero attached hydrogens (tertiary/aromatic N) is 1. The number of para-hydroxylation sites is 1. The number of furan rings is 1. The maximum absolute atomic E-state index is 9.55. The van der Waals surface area contributed by atoms with E-state index in [1.807, 2.05) is 24.3 Å². The van der Waals surface area contributed by atoms with E-state index in [0.717, 1.165) is 35.1 Å². The summed E-state index contributed by atoms with van der Waals surface area (Å²) in [5.74, 6) is 0.161.